The molecule has 0 spiro atoms. The van der Waals surface area contributed by atoms with Crippen LogP contribution in [0.2, 0.25) is 0 Å². The van der Waals surface area contributed by atoms with Crippen LogP contribution in [0.5, 0.6) is 0 Å². The molecular weight excluding hydrogens is 795 g/mol. The van der Waals surface area contributed by atoms with E-state index < -0.39 is 19.1 Å². The number of hydrogen-bond donors (Lipinski definition) is 0. The summed E-state index contributed by atoms with van der Waals surface area (Å²) >= 11 is -5.23. The molecule has 2 aliphatic carbocycles. The van der Waals surface area contributed by atoms with E-state index in [-0.39, 0.29) is 8.45 Å². The summed E-state index contributed by atoms with van der Waals surface area (Å²) in [6.07, 6.45) is 6.73. The number of fused-ring (bicyclic) bond motifs is 4. The van der Waals surface area contributed by atoms with Crippen molar-refractivity contribution in [1.29, 1.82) is 0 Å². The van der Waals surface area contributed by atoms with Crippen LogP contribution in [0.25, 0.3) is 56.0 Å². The van der Waals surface area contributed by atoms with Crippen molar-refractivity contribution in [2.24, 2.45) is 0 Å². The van der Waals surface area contributed by atoms with E-state index in [0.717, 1.165) is 12.8 Å². The standard InChI is InChI=1S/2C21H17.C12H11Si.2ClH.Ti/c2*1-2-15-13-17-9-6-12-20(21(17)14-15)19-11-5-8-16-7-3-4-10-18(16)19;1-3-7-11(8-4-1)13-12-9-5-2-6-10-12;;;/h2*3-14H,2H2,1H3;1-10,13H;2*1H;/q;;;;;+2/p-2. The Morgan fingerprint density at radius 2 is 0.776 bits per heavy atom. The molecule has 0 nitrogen and oxygen atoms in total. The van der Waals surface area contributed by atoms with Crippen molar-refractivity contribution >= 4 is 69.3 Å². The van der Waals surface area contributed by atoms with Gasteiger partial charge in [-0.15, -0.1) is 0 Å². The molecule has 4 heteroatoms. The van der Waals surface area contributed by atoms with Crippen LogP contribution in [0.1, 0.15) is 57.4 Å². The van der Waals surface area contributed by atoms with E-state index in [0.29, 0.717) is 0 Å². The van der Waals surface area contributed by atoms with Gasteiger partial charge < -0.3 is 0 Å². The Kier molecular flexibility index (Phi) is 9.59. The Morgan fingerprint density at radius 1 is 0.414 bits per heavy atom. The van der Waals surface area contributed by atoms with E-state index in [1.165, 1.54) is 87.6 Å². The van der Waals surface area contributed by atoms with Crippen LogP contribution in [0.4, 0.5) is 0 Å². The SMILES string of the molecule is CCC1=Cc2c(-c3cccc4ccccc34)cccc2[CH]1[Ti]([Cl])([Cl])([CH]1C(CC)=Cc2c(-c3cccc4ccccc34)cccc21)[SiH](c1ccccc1)c1ccccc1. The second-order valence-corrected chi connectivity index (χ2v) is 42.6. The van der Waals surface area contributed by atoms with Gasteiger partial charge in [0.05, 0.1) is 0 Å². The van der Waals surface area contributed by atoms with Gasteiger partial charge in [-0.3, -0.25) is 0 Å². The fourth-order valence-corrected chi connectivity index (χ4v) is 45.3. The average Bonchev–Trinajstić information content (AvgIpc) is 3.87. The van der Waals surface area contributed by atoms with Gasteiger partial charge in [0.25, 0.3) is 0 Å². The van der Waals surface area contributed by atoms with E-state index in [2.05, 4.69) is 208 Å². The van der Waals surface area contributed by atoms with Crippen LogP contribution < -0.4 is 10.4 Å². The van der Waals surface area contributed by atoms with Crippen molar-refractivity contribution in [2.75, 3.05) is 0 Å². The Morgan fingerprint density at radius 3 is 1.21 bits per heavy atom. The van der Waals surface area contributed by atoms with Crippen LogP contribution in [-0.2, 0) is 12.4 Å². The average molecular weight is 841 g/mol. The minimum absolute atomic E-state index is 0.0977. The van der Waals surface area contributed by atoms with E-state index >= 15 is 0 Å². The molecule has 2 atom stereocenters. The molecule has 0 aromatic heterocycles. The van der Waals surface area contributed by atoms with E-state index in [1.54, 1.807) is 0 Å². The molecule has 0 saturated heterocycles. The first-order valence-corrected chi connectivity index (χ1v) is 31.2. The summed E-state index contributed by atoms with van der Waals surface area (Å²) in [5.41, 5.74) is 12.9. The van der Waals surface area contributed by atoms with Gasteiger partial charge in [-0.2, -0.15) is 0 Å². The van der Waals surface area contributed by atoms with Crippen molar-refractivity contribution in [3.8, 4) is 22.3 Å². The second kappa shape index (κ2) is 14.8. The third-order valence-corrected chi connectivity index (χ3v) is 42.0. The third-order valence-electron chi connectivity index (χ3n) is 13.2. The predicted octanol–water partition coefficient (Wildman–Crippen LogP) is 14.3. The number of allylic oxidation sites excluding steroid dienone is 2. The molecule has 0 bridgehead atoms. The molecule has 0 radical (unpaired) electrons. The van der Waals surface area contributed by atoms with E-state index in [9.17, 15) is 18.6 Å². The molecule has 2 aliphatic rings. The van der Waals surface area contributed by atoms with Gasteiger partial charge in [-0.25, -0.2) is 0 Å². The molecule has 0 amide bonds. The first kappa shape index (κ1) is 37.5. The molecule has 0 fully saturated rings. The van der Waals surface area contributed by atoms with Gasteiger partial charge in [0.2, 0.25) is 0 Å². The Labute approximate surface area is 352 Å². The summed E-state index contributed by atoms with van der Waals surface area (Å²) in [7, 11) is 18.7. The molecule has 10 rings (SSSR count). The normalized spacial score (nSPS) is 16.8. The predicted molar refractivity (Wildman–Crippen MR) is 252 cm³/mol. The topological polar surface area (TPSA) is 0 Å². The fourth-order valence-electron chi connectivity index (χ4n) is 10.9. The molecule has 0 N–H and O–H groups in total. The summed E-state index contributed by atoms with van der Waals surface area (Å²) in [5.74, 6) is 0. The molecule has 283 valence electrons. The monoisotopic (exact) mass is 839 g/mol. The van der Waals surface area contributed by atoms with Crippen molar-refractivity contribution in [3.05, 3.63) is 215 Å². The van der Waals surface area contributed by atoms with Crippen LogP contribution in [-0.4, -0.2) is 6.66 Å². The zero-order chi connectivity index (χ0) is 39.5. The number of benzene rings is 8. The summed E-state index contributed by atoms with van der Waals surface area (Å²) in [4.78, 5) is 0. The van der Waals surface area contributed by atoms with Gasteiger partial charge in [-0.1, -0.05) is 0 Å². The Bertz CT molecular complexity index is 2720. The Balaban J connectivity index is 1.29. The molecule has 58 heavy (non-hydrogen) atoms. The molecule has 0 heterocycles. The van der Waals surface area contributed by atoms with Crippen molar-refractivity contribution in [1.82, 2.24) is 0 Å². The van der Waals surface area contributed by atoms with E-state index in [4.69, 9.17) is 0 Å². The first-order valence-electron chi connectivity index (χ1n) is 20.7. The first-order chi connectivity index (χ1) is 28.4. The maximum absolute atomic E-state index is 9.37. The second-order valence-electron chi connectivity index (χ2n) is 16.2. The molecule has 8 aromatic carbocycles. The number of rotatable bonds is 9. The van der Waals surface area contributed by atoms with Crippen molar-refractivity contribution in [2.45, 2.75) is 35.1 Å². The third kappa shape index (κ3) is 5.82. The molecule has 2 unspecified atom stereocenters. The summed E-state index contributed by atoms with van der Waals surface area (Å²) in [6.45, 7) is 2.17. The minimum atomic E-state index is -5.23. The zero-order valence-electron chi connectivity index (χ0n) is 32.9. The van der Waals surface area contributed by atoms with Crippen LogP contribution in [0.15, 0.2) is 193 Å². The van der Waals surface area contributed by atoms with Gasteiger partial charge in [-0.05, 0) is 0 Å². The van der Waals surface area contributed by atoms with Gasteiger partial charge >= 0.3 is 355 Å². The Hall–Kier alpha value is -4.73. The van der Waals surface area contributed by atoms with Gasteiger partial charge in [0.15, 0.2) is 0 Å². The maximum atomic E-state index is 9.37. The van der Waals surface area contributed by atoms with Crippen LogP contribution in [0.3, 0.4) is 0 Å². The molecule has 0 saturated carbocycles. The number of halogens is 2. The van der Waals surface area contributed by atoms with Crippen LogP contribution >= 0.6 is 18.6 Å². The van der Waals surface area contributed by atoms with E-state index in [1.807, 2.05) is 0 Å². The molecular formula is C54H45Cl2SiTi. The number of hydrogen-bond acceptors (Lipinski definition) is 0. The van der Waals surface area contributed by atoms with Crippen LogP contribution in [0, 0.1) is 0 Å². The fraction of sp³-hybridized carbons (Fsp3) is 0.111. The quantitative estimate of drug-likeness (QED) is 0.127. The summed E-state index contributed by atoms with van der Waals surface area (Å²) in [6, 6.07) is 67.0. The summed E-state index contributed by atoms with van der Waals surface area (Å²) < 4.78 is -0.195. The molecule has 0 aliphatic heterocycles. The molecule has 8 aromatic rings. The zero-order valence-corrected chi connectivity index (χ0v) is 37.1. The van der Waals surface area contributed by atoms with Gasteiger partial charge in [0, 0.05) is 0 Å². The van der Waals surface area contributed by atoms with Crippen molar-refractivity contribution in [3.63, 3.8) is 0 Å². The summed E-state index contributed by atoms with van der Waals surface area (Å²) in [5, 5.41) is 7.64. The van der Waals surface area contributed by atoms with Gasteiger partial charge in [0.1, 0.15) is 0 Å². The van der Waals surface area contributed by atoms with Crippen molar-refractivity contribution < 1.29 is 12.4 Å².